The van der Waals surface area contributed by atoms with Crippen LogP contribution in [0.2, 0.25) is 0 Å². The van der Waals surface area contributed by atoms with Crippen molar-refractivity contribution in [3.05, 3.63) is 0 Å². The molecule has 0 bridgehead atoms. The molecule has 2 atom stereocenters. The quantitative estimate of drug-likeness (QED) is 0.714. The molecule has 2 aliphatic rings. The average Bonchev–Trinajstić information content (AvgIpc) is 2.62. The zero-order valence-electron chi connectivity index (χ0n) is 9.33. The summed E-state index contributed by atoms with van der Waals surface area (Å²) in [4.78, 5) is 2.55. The third-order valence-electron chi connectivity index (χ3n) is 3.32. The van der Waals surface area contributed by atoms with Gasteiger partial charge in [0, 0.05) is 19.6 Å². The van der Waals surface area contributed by atoms with E-state index in [4.69, 9.17) is 4.74 Å². The third-order valence-corrected chi connectivity index (χ3v) is 3.32. The number of rotatable bonds is 4. The first-order valence-electron chi connectivity index (χ1n) is 5.80. The molecule has 0 aromatic carbocycles. The summed E-state index contributed by atoms with van der Waals surface area (Å²) in [5.41, 5.74) is 0. The number of hydrogen-bond acceptors (Lipinski definition) is 3. The molecule has 0 aliphatic carbocycles. The SMILES string of the molecule is CC(C)OCCN1C[C@H]2CNC[C@H]2C1. The number of ether oxygens (including phenoxy) is 1. The lowest BCUT2D eigenvalue weighted by molar-refractivity contribution is 0.0622. The van der Waals surface area contributed by atoms with E-state index in [0.717, 1.165) is 25.0 Å². The lowest BCUT2D eigenvalue weighted by Gasteiger charge is -2.17. The van der Waals surface area contributed by atoms with Crippen LogP contribution in [-0.2, 0) is 4.74 Å². The maximum absolute atomic E-state index is 5.57. The molecule has 2 saturated heterocycles. The number of fused-ring (bicyclic) bond motifs is 1. The second kappa shape index (κ2) is 4.60. The van der Waals surface area contributed by atoms with Crippen LogP contribution >= 0.6 is 0 Å². The monoisotopic (exact) mass is 198 g/mol. The van der Waals surface area contributed by atoms with E-state index in [1.54, 1.807) is 0 Å². The summed E-state index contributed by atoms with van der Waals surface area (Å²) in [5, 5.41) is 3.46. The molecule has 3 heteroatoms. The first-order valence-corrected chi connectivity index (χ1v) is 5.80. The van der Waals surface area contributed by atoms with Crippen molar-refractivity contribution in [2.75, 3.05) is 39.3 Å². The predicted molar refractivity (Wildman–Crippen MR) is 57.4 cm³/mol. The Morgan fingerprint density at radius 3 is 2.50 bits per heavy atom. The fraction of sp³-hybridized carbons (Fsp3) is 1.00. The number of likely N-dealkylation sites (tertiary alicyclic amines) is 1. The smallest absolute Gasteiger partial charge is 0.0596 e. The molecule has 14 heavy (non-hydrogen) atoms. The highest BCUT2D eigenvalue weighted by Crippen LogP contribution is 2.25. The molecule has 2 aliphatic heterocycles. The second-order valence-electron chi connectivity index (χ2n) is 4.86. The highest BCUT2D eigenvalue weighted by Gasteiger charge is 2.35. The molecule has 2 rings (SSSR count). The van der Waals surface area contributed by atoms with E-state index in [1.807, 2.05) is 0 Å². The summed E-state index contributed by atoms with van der Waals surface area (Å²) in [6, 6.07) is 0. The summed E-state index contributed by atoms with van der Waals surface area (Å²) < 4.78 is 5.57. The fourth-order valence-electron chi connectivity index (χ4n) is 2.55. The van der Waals surface area contributed by atoms with Gasteiger partial charge in [0.1, 0.15) is 0 Å². The zero-order valence-corrected chi connectivity index (χ0v) is 9.33. The summed E-state index contributed by atoms with van der Waals surface area (Å²) >= 11 is 0. The Bertz CT molecular complexity index is 172. The van der Waals surface area contributed by atoms with Gasteiger partial charge in [-0.2, -0.15) is 0 Å². The van der Waals surface area contributed by atoms with E-state index in [1.165, 1.54) is 26.2 Å². The Balaban J connectivity index is 1.64. The van der Waals surface area contributed by atoms with Gasteiger partial charge in [-0.1, -0.05) is 0 Å². The van der Waals surface area contributed by atoms with Crippen molar-refractivity contribution < 1.29 is 4.74 Å². The van der Waals surface area contributed by atoms with Gasteiger partial charge in [-0.25, -0.2) is 0 Å². The van der Waals surface area contributed by atoms with Crippen LogP contribution < -0.4 is 5.32 Å². The summed E-state index contributed by atoms with van der Waals surface area (Å²) in [7, 11) is 0. The molecule has 0 unspecified atom stereocenters. The molecule has 0 aromatic rings. The Kier molecular flexibility index (Phi) is 3.42. The van der Waals surface area contributed by atoms with Crippen LogP contribution in [0.1, 0.15) is 13.8 Å². The maximum atomic E-state index is 5.57. The average molecular weight is 198 g/mol. The minimum Gasteiger partial charge on any atom is -0.377 e. The first kappa shape index (κ1) is 10.4. The van der Waals surface area contributed by atoms with E-state index in [9.17, 15) is 0 Å². The molecule has 0 aromatic heterocycles. The molecule has 2 heterocycles. The van der Waals surface area contributed by atoms with Crippen molar-refractivity contribution in [1.82, 2.24) is 10.2 Å². The van der Waals surface area contributed by atoms with E-state index < -0.39 is 0 Å². The van der Waals surface area contributed by atoms with Gasteiger partial charge < -0.3 is 15.0 Å². The standard InChI is InChI=1S/C11H22N2O/c1-9(2)14-4-3-13-7-10-5-12-6-11(10)8-13/h9-12H,3-8H2,1-2H3/t10-,11+. The van der Waals surface area contributed by atoms with Crippen LogP contribution in [-0.4, -0.2) is 50.3 Å². The van der Waals surface area contributed by atoms with Gasteiger partial charge in [-0.15, -0.1) is 0 Å². The molecule has 0 amide bonds. The molecular weight excluding hydrogens is 176 g/mol. The zero-order chi connectivity index (χ0) is 9.97. The maximum Gasteiger partial charge on any atom is 0.0596 e. The van der Waals surface area contributed by atoms with Crippen molar-refractivity contribution in [3.8, 4) is 0 Å². The molecule has 0 spiro atoms. The van der Waals surface area contributed by atoms with Crippen molar-refractivity contribution >= 4 is 0 Å². The van der Waals surface area contributed by atoms with Gasteiger partial charge in [-0.05, 0) is 38.8 Å². The number of hydrogen-bond donors (Lipinski definition) is 1. The predicted octanol–water partition coefficient (Wildman–Crippen LogP) is 0.563. The number of nitrogens with one attached hydrogen (secondary N) is 1. The topological polar surface area (TPSA) is 24.5 Å². The fourth-order valence-corrected chi connectivity index (χ4v) is 2.55. The summed E-state index contributed by atoms with van der Waals surface area (Å²) in [5.74, 6) is 1.82. The minimum atomic E-state index is 0.374. The largest absolute Gasteiger partial charge is 0.377 e. The van der Waals surface area contributed by atoms with Gasteiger partial charge in [-0.3, -0.25) is 0 Å². The van der Waals surface area contributed by atoms with E-state index in [0.29, 0.717) is 6.10 Å². The first-order chi connectivity index (χ1) is 6.75. The molecule has 0 radical (unpaired) electrons. The van der Waals surface area contributed by atoms with Crippen LogP contribution in [0.5, 0.6) is 0 Å². The molecule has 3 nitrogen and oxygen atoms in total. The molecule has 82 valence electrons. The van der Waals surface area contributed by atoms with Crippen LogP contribution in [0, 0.1) is 11.8 Å². The highest BCUT2D eigenvalue weighted by molar-refractivity contribution is 4.90. The molecule has 1 N–H and O–H groups in total. The van der Waals surface area contributed by atoms with Gasteiger partial charge in [0.05, 0.1) is 12.7 Å². The Morgan fingerprint density at radius 1 is 1.29 bits per heavy atom. The summed E-state index contributed by atoms with van der Waals surface area (Å²) in [6.45, 7) is 11.2. The minimum absolute atomic E-state index is 0.374. The van der Waals surface area contributed by atoms with Crippen molar-refractivity contribution in [3.63, 3.8) is 0 Å². The van der Waals surface area contributed by atoms with Gasteiger partial charge in [0.2, 0.25) is 0 Å². The highest BCUT2D eigenvalue weighted by atomic mass is 16.5. The Labute approximate surface area is 86.8 Å². The van der Waals surface area contributed by atoms with Crippen LogP contribution in [0.3, 0.4) is 0 Å². The number of nitrogens with zero attached hydrogens (tertiary/aromatic N) is 1. The Hall–Kier alpha value is -0.120. The molecule has 0 saturated carbocycles. The molecule has 2 fully saturated rings. The normalized spacial score (nSPS) is 32.8. The van der Waals surface area contributed by atoms with E-state index in [2.05, 4.69) is 24.1 Å². The van der Waals surface area contributed by atoms with Gasteiger partial charge in [0.15, 0.2) is 0 Å². The van der Waals surface area contributed by atoms with Crippen molar-refractivity contribution in [2.24, 2.45) is 11.8 Å². The van der Waals surface area contributed by atoms with Crippen LogP contribution in [0.4, 0.5) is 0 Å². The lowest BCUT2D eigenvalue weighted by atomic mass is 10.0. The lowest BCUT2D eigenvalue weighted by Crippen LogP contribution is -2.29. The van der Waals surface area contributed by atoms with E-state index >= 15 is 0 Å². The summed E-state index contributed by atoms with van der Waals surface area (Å²) in [6.07, 6.45) is 0.374. The van der Waals surface area contributed by atoms with Gasteiger partial charge >= 0.3 is 0 Å². The molecular formula is C11H22N2O. The van der Waals surface area contributed by atoms with E-state index in [-0.39, 0.29) is 0 Å². The third kappa shape index (κ3) is 2.47. The second-order valence-corrected chi connectivity index (χ2v) is 4.86. The van der Waals surface area contributed by atoms with Crippen molar-refractivity contribution in [2.45, 2.75) is 20.0 Å². The van der Waals surface area contributed by atoms with Gasteiger partial charge in [0.25, 0.3) is 0 Å². The van der Waals surface area contributed by atoms with Crippen LogP contribution in [0.25, 0.3) is 0 Å². The van der Waals surface area contributed by atoms with Crippen molar-refractivity contribution in [1.29, 1.82) is 0 Å². The van der Waals surface area contributed by atoms with Crippen LogP contribution in [0.15, 0.2) is 0 Å². The Morgan fingerprint density at radius 2 is 1.93 bits per heavy atom.